The van der Waals surface area contributed by atoms with Gasteiger partial charge in [0.15, 0.2) is 0 Å². The van der Waals surface area contributed by atoms with Crippen molar-refractivity contribution in [3.8, 4) is 0 Å². The van der Waals surface area contributed by atoms with Gasteiger partial charge in [-0.05, 0) is 44.1 Å². The Labute approximate surface area is 139 Å². The van der Waals surface area contributed by atoms with Crippen LogP contribution < -0.4 is 5.32 Å². The van der Waals surface area contributed by atoms with Crippen LogP contribution in [0.15, 0.2) is 34.9 Å². The SMILES string of the molecule is CCN1CCC[C@H]1CNC(=O)Cn1ccc2c(Br)cccc21. The number of nitrogens with zero attached hydrogens (tertiary/aromatic N) is 2. The molecule has 0 aliphatic carbocycles. The van der Waals surface area contributed by atoms with E-state index < -0.39 is 0 Å². The van der Waals surface area contributed by atoms with Crippen molar-refractivity contribution in [3.63, 3.8) is 0 Å². The molecule has 1 aromatic heterocycles. The Morgan fingerprint density at radius 2 is 2.27 bits per heavy atom. The normalized spacial score (nSPS) is 18.9. The Balaban J connectivity index is 1.60. The van der Waals surface area contributed by atoms with Gasteiger partial charge in [-0.3, -0.25) is 9.69 Å². The number of carbonyl (C=O) groups is 1. The summed E-state index contributed by atoms with van der Waals surface area (Å²) in [5.41, 5.74) is 1.08. The van der Waals surface area contributed by atoms with Gasteiger partial charge >= 0.3 is 0 Å². The van der Waals surface area contributed by atoms with E-state index in [9.17, 15) is 4.79 Å². The van der Waals surface area contributed by atoms with E-state index in [1.54, 1.807) is 0 Å². The molecule has 0 radical (unpaired) electrons. The molecule has 1 aliphatic rings. The van der Waals surface area contributed by atoms with Gasteiger partial charge in [-0.25, -0.2) is 0 Å². The largest absolute Gasteiger partial charge is 0.353 e. The Kier molecular flexibility index (Phi) is 4.84. The van der Waals surface area contributed by atoms with Crippen molar-refractivity contribution in [1.82, 2.24) is 14.8 Å². The minimum absolute atomic E-state index is 0.0837. The lowest BCUT2D eigenvalue weighted by Crippen LogP contribution is -2.40. The molecule has 118 valence electrons. The summed E-state index contributed by atoms with van der Waals surface area (Å²) in [6, 6.07) is 8.61. The highest BCUT2D eigenvalue weighted by Crippen LogP contribution is 2.24. The van der Waals surface area contributed by atoms with Crippen molar-refractivity contribution in [3.05, 3.63) is 34.9 Å². The second kappa shape index (κ2) is 6.84. The fraction of sp³-hybridized carbons (Fsp3) is 0.471. The van der Waals surface area contributed by atoms with Crippen LogP contribution in [0.1, 0.15) is 19.8 Å². The maximum atomic E-state index is 12.2. The summed E-state index contributed by atoms with van der Waals surface area (Å²) in [6.45, 7) is 5.54. The molecule has 1 atom stereocenters. The first kappa shape index (κ1) is 15.6. The van der Waals surface area contributed by atoms with Crippen molar-refractivity contribution in [1.29, 1.82) is 0 Å². The number of rotatable bonds is 5. The van der Waals surface area contributed by atoms with E-state index in [0.29, 0.717) is 12.6 Å². The topological polar surface area (TPSA) is 37.3 Å². The van der Waals surface area contributed by atoms with E-state index in [-0.39, 0.29) is 5.91 Å². The molecular weight excluding hydrogens is 342 g/mol. The van der Waals surface area contributed by atoms with Crippen LogP contribution in [0.5, 0.6) is 0 Å². The Hall–Kier alpha value is -1.33. The minimum Gasteiger partial charge on any atom is -0.353 e. The van der Waals surface area contributed by atoms with Gasteiger partial charge in [0.05, 0.1) is 0 Å². The average Bonchev–Trinajstić information content (AvgIpc) is 3.13. The highest BCUT2D eigenvalue weighted by Gasteiger charge is 2.23. The zero-order valence-electron chi connectivity index (χ0n) is 12.9. The van der Waals surface area contributed by atoms with E-state index in [4.69, 9.17) is 0 Å². The van der Waals surface area contributed by atoms with Crippen LogP contribution in [-0.2, 0) is 11.3 Å². The third-order valence-corrected chi connectivity index (χ3v) is 5.21. The standard InChI is InChI=1S/C17H22BrN3O/c1-2-20-9-4-5-13(20)11-19-17(22)12-21-10-8-14-15(18)6-3-7-16(14)21/h3,6-8,10,13H,2,4-5,9,11-12H2,1H3,(H,19,22)/t13-/m0/s1. The molecule has 1 saturated heterocycles. The summed E-state index contributed by atoms with van der Waals surface area (Å²) < 4.78 is 3.07. The molecular formula is C17H22BrN3O. The van der Waals surface area contributed by atoms with Gasteiger partial charge < -0.3 is 9.88 Å². The number of carbonyl (C=O) groups excluding carboxylic acids is 1. The fourth-order valence-electron chi connectivity index (χ4n) is 3.31. The predicted molar refractivity (Wildman–Crippen MR) is 92.9 cm³/mol. The maximum absolute atomic E-state index is 12.2. The highest BCUT2D eigenvalue weighted by atomic mass is 79.9. The number of fused-ring (bicyclic) bond motifs is 1. The third kappa shape index (κ3) is 3.20. The number of benzene rings is 1. The molecule has 2 heterocycles. The molecule has 3 rings (SSSR count). The lowest BCUT2D eigenvalue weighted by molar-refractivity contribution is -0.121. The monoisotopic (exact) mass is 363 g/mol. The van der Waals surface area contributed by atoms with Gasteiger partial charge in [0.25, 0.3) is 0 Å². The molecule has 0 bridgehead atoms. The first-order chi connectivity index (χ1) is 10.7. The Morgan fingerprint density at radius 3 is 3.09 bits per heavy atom. The smallest absolute Gasteiger partial charge is 0.239 e. The fourth-order valence-corrected chi connectivity index (χ4v) is 3.80. The molecule has 5 heteroatoms. The molecule has 1 amide bonds. The third-order valence-electron chi connectivity index (χ3n) is 4.51. The van der Waals surface area contributed by atoms with E-state index in [2.05, 4.69) is 33.1 Å². The molecule has 4 nitrogen and oxygen atoms in total. The Bertz CT molecular complexity index is 667. The number of likely N-dealkylation sites (N-methyl/N-ethyl adjacent to an activating group) is 1. The van der Waals surface area contributed by atoms with Crippen LogP contribution in [0.4, 0.5) is 0 Å². The van der Waals surface area contributed by atoms with E-state index >= 15 is 0 Å². The van der Waals surface area contributed by atoms with Gasteiger partial charge in [0.2, 0.25) is 5.91 Å². The van der Waals surface area contributed by atoms with Crippen LogP contribution >= 0.6 is 15.9 Å². The molecule has 22 heavy (non-hydrogen) atoms. The van der Waals surface area contributed by atoms with Crippen molar-refractivity contribution in [2.45, 2.75) is 32.4 Å². The van der Waals surface area contributed by atoms with Crippen molar-refractivity contribution < 1.29 is 4.79 Å². The molecule has 1 aromatic carbocycles. The molecule has 1 aliphatic heterocycles. The van der Waals surface area contributed by atoms with Crippen LogP contribution in [0, 0.1) is 0 Å². The molecule has 0 saturated carbocycles. The highest BCUT2D eigenvalue weighted by molar-refractivity contribution is 9.10. The molecule has 1 fully saturated rings. The van der Waals surface area contributed by atoms with Gasteiger partial charge in [-0.15, -0.1) is 0 Å². The first-order valence-electron chi connectivity index (χ1n) is 7.93. The second-order valence-electron chi connectivity index (χ2n) is 5.84. The number of hydrogen-bond donors (Lipinski definition) is 1. The van der Waals surface area contributed by atoms with Gasteiger partial charge in [0, 0.05) is 34.2 Å². The summed E-state index contributed by atoms with van der Waals surface area (Å²) in [4.78, 5) is 14.7. The van der Waals surface area contributed by atoms with Crippen LogP contribution in [-0.4, -0.2) is 41.1 Å². The van der Waals surface area contributed by atoms with Crippen molar-refractivity contribution >= 4 is 32.7 Å². The van der Waals surface area contributed by atoms with Gasteiger partial charge in [0.1, 0.15) is 6.54 Å². The van der Waals surface area contributed by atoms with E-state index in [0.717, 1.165) is 35.0 Å². The Morgan fingerprint density at radius 1 is 1.41 bits per heavy atom. The predicted octanol–water partition coefficient (Wildman–Crippen LogP) is 3.00. The van der Waals surface area contributed by atoms with E-state index in [1.165, 1.54) is 12.8 Å². The summed E-state index contributed by atoms with van der Waals surface area (Å²) in [7, 11) is 0. The zero-order valence-corrected chi connectivity index (χ0v) is 14.5. The van der Waals surface area contributed by atoms with Crippen LogP contribution in [0.2, 0.25) is 0 Å². The minimum atomic E-state index is 0.0837. The van der Waals surface area contributed by atoms with Crippen LogP contribution in [0.3, 0.4) is 0 Å². The average molecular weight is 364 g/mol. The zero-order chi connectivity index (χ0) is 15.5. The molecule has 0 spiro atoms. The summed E-state index contributed by atoms with van der Waals surface area (Å²) in [5, 5.41) is 4.24. The number of nitrogens with one attached hydrogen (secondary N) is 1. The summed E-state index contributed by atoms with van der Waals surface area (Å²) in [6.07, 6.45) is 4.40. The number of hydrogen-bond acceptors (Lipinski definition) is 2. The van der Waals surface area contributed by atoms with Gasteiger partial charge in [-0.1, -0.05) is 28.9 Å². The van der Waals surface area contributed by atoms with Crippen molar-refractivity contribution in [2.75, 3.05) is 19.6 Å². The lowest BCUT2D eigenvalue weighted by atomic mass is 10.2. The van der Waals surface area contributed by atoms with Crippen LogP contribution in [0.25, 0.3) is 10.9 Å². The quantitative estimate of drug-likeness (QED) is 0.886. The lowest BCUT2D eigenvalue weighted by Gasteiger charge is -2.22. The maximum Gasteiger partial charge on any atom is 0.239 e. The number of aromatic nitrogens is 1. The number of likely N-dealkylation sites (tertiary alicyclic amines) is 1. The number of halogens is 1. The summed E-state index contributed by atoms with van der Waals surface area (Å²) in [5.74, 6) is 0.0837. The molecule has 2 aromatic rings. The second-order valence-corrected chi connectivity index (χ2v) is 6.70. The molecule has 0 unspecified atom stereocenters. The number of amides is 1. The first-order valence-corrected chi connectivity index (χ1v) is 8.72. The summed E-state index contributed by atoms with van der Waals surface area (Å²) >= 11 is 3.55. The van der Waals surface area contributed by atoms with E-state index in [1.807, 2.05) is 35.0 Å². The molecule has 1 N–H and O–H groups in total. The van der Waals surface area contributed by atoms with Crippen molar-refractivity contribution in [2.24, 2.45) is 0 Å². The van der Waals surface area contributed by atoms with Gasteiger partial charge in [-0.2, -0.15) is 0 Å².